The van der Waals surface area contributed by atoms with Crippen LogP contribution in [0.4, 0.5) is 5.69 Å². The Hall–Kier alpha value is -1.99. The number of hydrogen-bond acceptors (Lipinski definition) is 7. The number of esters is 1. The fourth-order valence-electron chi connectivity index (χ4n) is 1.60. The summed E-state index contributed by atoms with van der Waals surface area (Å²) in [5.41, 5.74) is 6.37. The highest BCUT2D eigenvalue weighted by atomic mass is 16.6. The van der Waals surface area contributed by atoms with E-state index in [1.165, 1.54) is 13.2 Å². The Morgan fingerprint density at radius 1 is 1.00 bits per heavy atom. The van der Waals surface area contributed by atoms with Gasteiger partial charge in [-0.15, -0.1) is 0 Å². The van der Waals surface area contributed by atoms with Crippen LogP contribution in [0, 0.1) is 0 Å². The minimum absolute atomic E-state index is 0.209. The van der Waals surface area contributed by atoms with Gasteiger partial charge in [0.25, 0.3) is 0 Å². The van der Waals surface area contributed by atoms with Crippen molar-refractivity contribution in [2.75, 3.05) is 53.5 Å². The molecule has 1 aromatic rings. The van der Waals surface area contributed by atoms with Gasteiger partial charge in [0.1, 0.15) is 18.8 Å². The highest BCUT2D eigenvalue weighted by Crippen LogP contribution is 2.34. The van der Waals surface area contributed by atoms with Crippen LogP contribution in [-0.2, 0) is 14.2 Å². The van der Waals surface area contributed by atoms with Crippen molar-refractivity contribution in [3.63, 3.8) is 0 Å². The number of carbonyl (C=O) groups is 1. The van der Waals surface area contributed by atoms with E-state index < -0.39 is 5.97 Å². The van der Waals surface area contributed by atoms with Crippen molar-refractivity contribution in [2.24, 2.45) is 0 Å². The van der Waals surface area contributed by atoms with E-state index in [0.717, 1.165) is 0 Å². The molecule has 0 unspecified atom stereocenters. The van der Waals surface area contributed by atoms with E-state index in [4.69, 9.17) is 29.4 Å². The summed E-state index contributed by atoms with van der Waals surface area (Å²) in [7, 11) is 4.41. The predicted octanol–water partition coefficient (Wildman–Crippen LogP) is 1.11. The molecule has 0 saturated carbocycles. The molecule has 0 aliphatic carbocycles. The smallest absolute Gasteiger partial charge is 0.341 e. The van der Waals surface area contributed by atoms with E-state index in [1.54, 1.807) is 20.3 Å². The van der Waals surface area contributed by atoms with Gasteiger partial charge in [-0.3, -0.25) is 0 Å². The number of nitrogen functional groups attached to an aromatic ring is 1. The third-order valence-electron chi connectivity index (χ3n) is 2.56. The van der Waals surface area contributed by atoms with Gasteiger partial charge >= 0.3 is 5.97 Å². The molecule has 21 heavy (non-hydrogen) atoms. The number of rotatable bonds is 9. The Bertz CT molecular complexity index is 463. The highest BCUT2D eigenvalue weighted by molar-refractivity contribution is 5.94. The molecule has 0 amide bonds. The van der Waals surface area contributed by atoms with E-state index in [2.05, 4.69) is 0 Å². The van der Waals surface area contributed by atoms with Crippen LogP contribution in [0.1, 0.15) is 10.4 Å². The van der Waals surface area contributed by atoms with Crippen LogP contribution < -0.4 is 15.2 Å². The quantitative estimate of drug-likeness (QED) is 0.415. The molecule has 0 aliphatic heterocycles. The fraction of sp³-hybridized carbons (Fsp3) is 0.500. The first kappa shape index (κ1) is 17.1. The molecule has 7 nitrogen and oxygen atoms in total. The molecule has 7 heteroatoms. The van der Waals surface area contributed by atoms with Crippen LogP contribution in [0.2, 0.25) is 0 Å². The second-order valence-electron chi connectivity index (χ2n) is 4.07. The summed E-state index contributed by atoms with van der Waals surface area (Å²) in [6.07, 6.45) is 0. The van der Waals surface area contributed by atoms with E-state index in [-0.39, 0.29) is 17.9 Å². The lowest BCUT2D eigenvalue weighted by atomic mass is 10.1. The number of methoxy groups -OCH3 is 3. The first-order chi connectivity index (χ1) is 10.1. The largest absolute Gasteiger partial charge is 0.487 e. The van der Waals surface area contributed by atoms with Crippen molar-refractivity contribution >= 4 is 11.7 Å². The minimum Gasteiger partial charge on any atom is -0.487 e. The van der Waals surface area contributed by atoms with Gasteiger partial charge in [-0.1, -0.05) is 0 Å². The van der Waals surface area contributed by atoms with Crippen molar-refractivity contribution in [1.82, 2.24) is 0 Å². The summed E-state index contributed by atoms with van der Waals surface area (Å²) in [5, 5.41) is 0. The van der Waals surface area contributed by atoms with Crippen molar-refractivity contribution in [3.05, 3.63) is 17.7 Å². The molecule has 0 aromatic heterocycles. The highest BCUT2D eigenvalue weighted by Gasteiger charge is 2.19. The third kappa shape index (κ3) is 5.13. The fourth-order valence-corrected chi connectivity index (χ4v) is 1.60. The van der Waals surface area contributed by atoms with Gasteiger partial charge < -0.3 is 29.4 Å². The van der Waals surface area contributed by atoms with Crippen LogP contribution in [0.5, 0.6) is 11.5 Å². The molecule has 118 valence electrons. The Morgan fingerprint density at radius 2 is 1.62 bits per heavy atom. The maximum Gasteiger partial charge on any atom is 0.341 e. The summed E-state index contributed by atoms with van der Waals surface area (Å²) in [5.74, 6) is 0.0964. The maximum absolute atomic E-state index is 11.8. The van der Waals surface area contributed by atoms with Gasteiger partial charge in [0.05, 0.1) is 20.3 Å². The second-order valence-corrected chi connectivity index (χ2v) is 4.07. The Kier molecular flexibility index (Phi) is 7.34. The number of hydrogen-bond donors (Lipinski definition) is 1. The zero-order valence-electron chi connectivity index (χ0n) is 12.5. The Balaban J connectivity index is 3.05. The first-order valence-electron chi connectivity index (χ1n) is 6.39. The topological polar surface area (TPSA) is 89.2 Å². The summed E-state index contributed by atoms with van der Waals surface area (Å²) in [6.45, 7) is 1.36. The molecule has 0 fully saturated rings. The summed E-state index contributed by atoms with van der Waals surface area (Å²) < 4.78 is 25.7. The zero-order valence-corrected chi connectivity index (χ0v) is 12.5. The van der Waals surface area contributed by atoms with E-state index in [9.17, 15) is 4.79 Å². The van der Waals surface area contributed by atoms with Crippen molar-refractivity contribution in [2.45, 2.75) is 0 Å². The Labute approximate surface area is 123 Å². The lowest BCUT2D eigenvalue weighted by Crippen LogP contribution is -2.13. The van der Waals surface area contributed by atoms with Gasteiger partial charge in [-0.25, -0.2) is 4.79 Å². The average Bonchev–Trinajstić information content (AvgIpc) is 2.48. The van der Waals surface area contributed by atoms with E-state index >= 15 is 0 Å². The number of ether oxygens (including phenoxy) is 5. The molecule has 0 bridgehead atoms. The van der Waals surface area contributed by atoms with E-state index in [0.29, 0.717) is 31.3 Å². The number of anilines is 1. The normalized spacial score (nSPS) is 10.2. The summed E-state index contributed by atoms with van der Waals surface area (Å²) in [6, 6.07) is 3.07. The molecule has 0 atom stereocenters. The molecule has 1 aromatic carbocycles. The Morgan fingerprint density at radius 3 is 2.19 bits per heavy atom. The van der Waals surface area contributed by atoms with Gasteiger partial charge in [-0.2, -0.15) is 0 Å². The lowest BCUT2D eigenvalue weighted by Gasteiger charge is -2.16. The first-order valence-corrected chi connectivity index (χ1v) is 6.39. The average molecular weight is 299 g/mol. The third-order valence-corrected chi connectivity index (χ3v) is 2.56. The maximum atomic E-state index is 11.8. The standard InChI is InChI=1S/C14H21NO6/c1-17-4-6-20-12-9-10(15)8-11(14(16)19-3)13(12)21-7-5-18-2/h8-9H,4-7,15H2,1-3H3. The molecule has 0 aliphatic rings. The summed E-state index contributed by atoms with van der Waals surface area (Å²) >= 11 is 0. The molecular formula is C14H21NO6. The molecule has 2 N–H and O–H groups in total. The molecule has 0 saturated heterocycles. The molecule has 0 radical (unpaired) electrons. The SMILES string of the molecule is COCCOc1cc(N)cc(C(=O)OC)c1OCCOC. The van der Waals surface area contributed by atoms with Gasteiger partial charge in [0.2, 0.25) is 0 Å². The van der Waals surface area contributed by atoms with Gasteiger partial charge in [-0.05, 0) is 6.07 Å². The minimum atomic E-state index is -0.550. The van der Waals surface area contributed by atoms with Gasteiger partial charge in [0, 0.05) is 26.0 Å². The monoisotopic (exact) mass is 299 g/mol. The van der Waals surface area contributed by atoms with Crippen molar-refractivity contribution < 1.29 is 28.5 Å². The van der Waals surface area contributed by atoms with Crippen molar-refractivity contribution in [3.8, 4) is 11.5 Å². The summed E-state index contributed by atoms with van der Waals surface area (Å²) in [4.78, 5) is 11.8. The molecule has 0 heterocycles. The molecule has 1 rings (SSSR count). The van der Waals surface area contributed by atoms with Crippen LogP contribution >= 0.6 is 0 Å². The molecular weight excluding hydrogens is 278 g/mol. The van der Waals surface area contributed by atoms with Crippen LogP contribution in [0.15, 0.2) is 12.1 Å². The van der Waals surface area contributed by atoms with Gasteiger partial charge in [0.15, 0.2) is 11.5 Å². The number of nitrogens with two attached hydrogens (primary N) is 1. The predicted molar refractivity (Wildman–Crippen MR) is 76.9 cm³/mol. The van der Waals surface area contributed by atoms with Crippen molar-refractivity contribution in [1.29, 1.82) is 0 Å². The van der Waals surface area contributed by atoms with Crippen LogP contribution in [0.25, 0.3) is 0 Å². The lowest BCUT2D eigenvalue weighted by molar-refractivity contribution is 0.0592. The van der Waals surface area contributed by atoms with E-state index in [1.807, 2.05) is 0 Å². The number of carbonyl (C=O) groups excluding carboxylic acids is 1. The van der Waals surface area contributed by atoms with Crippen LogP contribution in [-0.4, -0.2) is 53.7 Å². The second kappa shape index (κ2) is 9.04. The number of benzene rings is 1. The zero-order chi connectivity index (χ0) is 15.7. The molecule has 0 spiro atoms. The van der Waals surface area contributed by atoms with Crippen LogP contribution in [0.3, 0.4) is 0 Å².